The normalized spacial score (nSPS) is 26.1. The van der Waals surface area contributed by atoms with Crippen molar-refractivity contribution in [3.05, 3.63) is 30.3 Å². The zero-order valence-corrected chi connectivity index (χ0v) is 15.8. The van der Waals surface area contributed by atoms with Gasteiger partial charge in [-0.25, -0.2) is 9.79 Å². The van der Waals surface area contributed by atoms with Crippen molar-refractivity contribution in [1.82, 2.24) is 4.90 Å². The molecule has 0 bridgehead atoms. The molecule has 2 aliphatic heterocycles. The fourth-order valence-electron chi connectivity index (χ4n) is 3.04. The SMILES string of the molecule is COC(=O)[C@@H]1N2C(=O)C(=NC(=O)C(C)Oc3ccccc3)[C@H]2SC1(C)C. The molecule has 1 aromatic rings. The highest BCUT2D eigenvalue weighted by molar-refractivity contribution is 8.02. The summed E-state index contributed by atoms with van der Waals surface area (Å²) >= 11 is 1.42. The zero-order valence-electron chi connectivity index (χ0n) is 15.0. The Kier molecular flexibility index (Phi) is 4.79. The molecule has 2 saturated heterocycles. The van der Waals surface area contributed by atoms with Gasteiger partial charge in [0.15, 0.2) is 6.10 Å². The number of carbonyl (C=O) groups excluding carboxylic acids is 3. The number of carbonyl (C=O) groups is 3. The largest absolute Gasteiger partial charge is 0.481 e. The first-order valence-corrected chi connectivity index (χ1v) is 9.06. The topological polar surface area (TPSA) is 85.3 Å². The van der Waals surface area contributed by atoms with Crippen LogP contribution in [0.4, 0.5) is 0 Å². The summed E-state index contributed by atoms with van der Waals surface area (Å²) in [6.07, 6.45) is -0.817. The highest BCUT2D eigenvalue weighted by Gasteiger charge is 2.63. The lowest BCUT2D eigenvalue weighted by molar-refractivity contribution is -0.152. The van der Waals surface area contributed by atoms with E-state index in [1.54, 1.807) is 31.2 Å². The number of benzene rings is 1. The van der Waals surface area contributed by atoms with E-state index in [2.05, 4.69) is 4.99 Å². The van der Waals surface area contributed by atoms with Crippen LogP contribution in [0.5, 0.6) is 5.75 Å². The minimum absolute atomic E-state index is 0.156. The Bertz CT molecular complexity index is 777. The second kappa shape index (κ2) is 6.75. The smallest absolute Gasteiger partial charge is 0.330 e. The molecule has 1 aromatic carbocycles. The summed E-state index contributed by atoms with van der Waals surface area (Å²) in [5.41, 5.74) is 0.156. The number of rotatable bonds is 4. The van der Waals surface area contributed by atoms with Crippen molar-refractivity contribution in [2.45, 2.75) is 43.0 Å². The van der Waals surface area contributed by atoms with Gasteiger partial charge in [0.1, 0.15) is 22.9 Å². The van der Waals surface area contributed by atoms with Crippen molar-refractivity contribution in [2.75, 3.05) is 7.11 Å². The molecule has 2 fully saturated rings. The Hall–Kier alpha value is -2.35. The van der Waals surface area contributed by atoms with Crippen molar-refractivity contribution in [3.63, 3.8) is 0 Å². The Morgan fingerprint density at radius 2 is 1.92 bits per heavy atom. The molecule has 0 N–H and O–H groups in total. The fourth-order valence-corrected chi connectivity index (χ4v) is 4.55. The quantitative estimate of drug-likeness (QED) is 0.587. The number of hydrogen-bond donors (Lipinski definition) is 0. The first kappa shape index (κ1) is 18.4. The Morgan fingerprint density at radius 3 is 2.54 bits per heavy atom. The molecule has 1 unspecified atom stereocenters. The molecule has 0 saturated carbocycles. The molecule has 8 heteroatoms. The number of esters is 1. The maximum absolute atomic E-state index is 12.5. The number of thioether (sulfide) groups is 1. The number of methoxy groups -OCH3 is 1. The van der Waals surface area contributed by atoms with Gasteiger partial charge in [-0.15, -0.1) is 11.8 Å². The summed E-state index contributed by atoms with van der Waals surface area (Å²) in [7, 11) is 1.29. The third-order valence-electron chi connectivity index (χ3n) is 4.35. The lowest BCUT2D eigenvalue weighted by Crippen LogP contribution is -2.63. The molecule has 0 spiro atoms. The van der Waals surface area contributed by atoms with Crippen LogP contribution in [0.15, 0.2) is 35.3 Å². The minimum atomic E-state index is -0.817. The van der Waals surface area contributed by atoms with Gasteiger partial charge in [-0.3, -0.25) is 9.59 Å². The van der Waals surface area contributed by atoms with E-state index in [4.69, 9.17) is 9.47 Å². The average Bonchev–Trinajstić information content (AvgIpc) is 2.87. The lowest BCUT2D eigenvalue weighted by atomic mass is 9.97. The van der Waals surface area contributed by atoms with Crippen LogP contribution >= 0.6 is 11.8 Å². The van der Waals surface area contributed by atoms with Gasteiger partial charge in [0.05, 0.1) is 7.11 Å². The van der Waals surface area contributed by atoms with Crippen LogP contribution in [0.1, 0.15) is 20.8 Å². The number of amides is 2. The molecule has 3 atom stereocenters. The van der Waals surface area contributed by atoms with E-state index in [0.29, 0.717) is 5.75 Å². The summed E-state index contributed by atoms with van der Waals surface area (Å²) < 4.78 is 9.84. The van der Waals surface area contributed by atoms with Gasteiger partial charge in [-0.05, 0) is 32.9 Å². The number of para-hydroxylation sites is 1. The predicted molar refractivity (Wildman–Crippen MR) is 97.1 cm³/mol. The van der Waals surface area contributed by atoms with Gasteiger partial charge >= 0.3 is 5.97 Å². The van der Waals surface area contributed by atoms with Crippen LogP contribution < -0.4 is 4.74 Å². The Morgan fingerprint density at radius 1 is 1.27 bits per heavy atom. The van der Waals surface area contributed by atoms with E-state index in [9.17, 15) is 14.4 Å². The van der Waals surface area contributed by atoms with Crippen LogP contribution in [0, 0.1) is 0 Å². The molecule has 0 aromatic heterocycles. The highest BCUT2D eigenvalue weighted by atomic mass is 32.2. The predicted octanol–water partition coefficient (Wildman–Crippen LogP) is 1.66. The number of hydrogen-bond acceptors (Lipinski definition) is 6. The molecule has 7 nitrogen and oxygen atoms in total. The zero-order chi connectivity index (χ0) is 19.1. The minimum Gasteiger partial charge on any atom is -0.481 e. The van der Waals surface area contributed by atoms with Crippen LogP contribution in [-0.4, -0.2) is 57.8 Å². The number of fused-ring (bicyclic) bond motifs is 1. The van der Waals surface area contributed by atoms with Crippen LogP contribution in [0.3, 0.4) is 0 Å². The summed E-state index contributed by atoms with van der Waals surface area (Å²) in [5.74, 6) is -0.859. The highest BCUT2D eigenvalue weighted by Crippen LogP contribution is 2.49. The van der Waals surface area contributed by atoms with Gasteiger partial charge in [0.2, 0.25) is 0 Å². The van der Waals surface area contributed by atoms with Crippen molar-refractivity contribution in [3.8, 4) is 5.75 Å². The van der Waals surface area contributed by atoms with E-state index < -0.39 is 40.1 Å². The van der Waals surface area contributed by atoms with E-state index in [1.165, 1.54) is 23.8 Å². The average molecular weight is 376 g/mol. The molecule has 26 heavy (non-hydrogen) atoms. The maximum Gasteiger partial charge on any atom is 0.330 e. The van der Waals surface area contributed by atoms with Crippen molar-refractivity contribution in [2.24, 2.45) is 4.99 Å². The van der Waals surface area contributed by atoms with Gasteiger partial charge in [0.25, 0.3) is 11.8 Å². The molecule has 0 radical (unpaired) electrons. The van der Waals surface area contributed by atoms with Gasteiger partial charge in [0, 0.05) is 4.75 Å². The molecular formula is C18H20N2O5S. The van der Waals surface area contributed by atoms with Gasteiger partial charge < -0.3 is 14.4 Å². The Labute approximate surface area is 155 Å². The lowest BCUT2D eigenvalue weighted by Gasteiger charge is -2.38. The second-order valence-corrected chi connectivity index (χ2v) is 8.35. The first-order valence-electron chi connectivity index (χ1n) is 8.18. The molecule has 2 heterocycles. The number of ether oxygens (including phenoxy) is 2. The summed E-state index contributed by atoms with van der Waals surface area (Å²) in [6, 6.07) is 8.23. The standard InChI is InChI=1S/C18H20N2O5S/c1-10(25-11-8-6-5-7-9-11)14(21)19-12-15(22)20-13(17(23)24-4)18(2,3)26-16(12)20/h5-10,13,16H,1-4H3/t10?,13-,16+/m0/s1. The second-order valence-electron chi connectivity index (χ2n) is 6.62. The van der Waals surface area contributed by atoms with E-state index in [1.807, 2.05) is 19.9 Å². The monoisotopic (exact) mass is 376 g/mol. The van der Waals surface area contributed by atoms with Crippen molar-refractivity contribution < 1.29 is 23.9 Å². The maximum atomic E-state index is 12.5. The molecule has 138 valence electrons. The molecule has 2 amide bonds. The molecule has 0 aliphatic carbocycles. The van der Waals surface area contributed by atoms with Crippen LogP contribution in [0.25, 0.3) is 0 Å². The summed E-state index contributed by atoms with van der Waals surface area (Å²) in [6.45, 7) is 5.32. The molecule has 3 rings (SSSR count). The molecule has 2 aliphatic rings. The third-order valence-corrected chi connectivity index (χ3v) is 5.86. The number of β-lactam (4-membered cyclic amide) rings is 1. The van der Waals surface area contributed by atoms with Crippen LogP contribution in [0.2, 0.25) is 0 Å². The summed E-state index contributed by atoms with van der Waals surface area (Å²) in [4.78, 5) is 42.3. The first-order chi connectivity index (χ1) is 12.3. The molecular weight excluding hydrogens is 356 g/mol. The van der Waals surface area contributed by atoms with Gasteiger partial charge in [-0.1, -0.05) is 18.2 Å². The van der Waals surface area contributed by atoms with Crippen molar-refractivity contribution >= 4 is 35.3 Å². The van der Waals surface area contributed by atoms with E-state index in [0.717, 1.165) is 0 Å². The van der Waals surface area contributed by atoms with Gasteiger partial charge in [-0.2, -0.15) is 0 Å². The van der Waals surface area contributed by atoms with E-state index in [-0.39, 0.29) is 5.71 Å². The Balaban J connectivity index is 1.74. The third kappa shape index (κ3) is 3.09. The number of nitrogens with zero attached hydrogens (tertiary/aromatic N) is 2. The van der Waals surface area contributed by atoms with Crippen LogP contribution in [-0.2, 0) is 19.1 Å². The fraction of sp³-hybridized carbons (Fsp3) is 0.444. The summed E-state index contributed by atoms with van der Waals surface area (Å²) in [5, 5.41) is -0.422. The van der Waals surface area contributed by atoms with Crippen molar-refractivity contribution in [1.29, 1.82) is 0 Å². The number of aliphatic imine (C=N–C) groups is 1. The van der Waals surface area contributed by atoms with E-state index >= 15 is 0 Å².